The Kier molecular flexibility index (Phi) is 6.53. The van der Waals surface area contributed by atoms with Gasteiger partial charge in [-0.3, -0.25) is 4.79 Å². The van der Waals surface area contributed by atoms with E-state index < -0.39 is 0 Å². The molecule has 1 atom stereocenters. The molecule has 2 heterocycles. The van der Waals surface area contributed by atoms with Crippen molar-refractivity contribution in [3.05, 3.63) is 28.8 Å². The number of halogens is 1. The monoisotopic (exact) mass is 352 g/mol. The van der Waals surface area contributed by atoms with E-state index in [0.717, 1.165) is 44.8 Å². The standard InChI is InChI=1S/C19H28N2O2.ClH/c1-4-20-12-15-5-7-21(8-6-15)19(22)18-11-16-9-13(2)14(3)10-17(16)23-18;/h9-10,15,18,20H,4-8,11-12H2,1-3H3;1H. The summed E-state index contributed by atoms with van der Waals surface area (Å²) in [6.07, 6.45) is 2.58. The number of nitrogens with one attached hydrogen (secondary N) is 1. The molecule has 1 aromatic rings. The molecule has 1 saturated heterocycles. The SMILES string of the molecule is CCNCC1CCN(C(=O)C2Cc3cc(C)c(C)cc3O2)CC1.Cl. The summed E-state index contributed by atoms with van der Waals surface area (Å²) in [6.45, 7) is 10.2. The molecule has 1 N–H and O–H groups in total. The van der Waals surface area contributed by atoms with Crippen LogP contribution >= 0.6 is 12.4 Å². The van der Waals surface area contributed by atoms with Crippen molar-refractivity contribution in [1.29, 1.82) is 0 Å². The van der Waals surface area contributed by atoms with Crippen LogP contribution in [-0.2, 0) is 11.2 Å². The molecule has 0 spiro atoms. The highest BCUT2D eigenvalue weighted by atomic mass is 35.5. The predicted octanol–water partition coefficient (Wildman–Crippen LogP) is 2.88. The van der Waals surface area contributed by atoms with Gasteiger partial charge in [-0.05, 0) is 68.5 Å². The van der Waals surface area contributed by atoms with E-state index in [9.17, 15) is 4.79 Å². The second kappa shape index (κ2) is 8.21. The van der Waals surface area contributed by atoms with Crippen molar-refractivity contribution in [3.63, 3.8) is 0 Å². The van der Waals surface area contributed by atoms with Crippen LogP contribution in [0.3, 0.4) is 0 Å². The van der Waals surface area contributed by atoms with Gasteiger partial charge in [-0.15, -0.1) is 12.4 Å². The number of amides is 1. The summed E-state index contributed by atoms with van der Waals surface area (Å²) in [5, 5.41) is 3.41. The van der Waals surface area contributed by atoms with E-state index in [1.165, 1.54) is 16.7 Å². The highest BCUT2D eigenvalue weighted by Crippen LogP contribution is 2.32. The first-order chi connectivity index (χ1) is 11.1. The first-order valence-corrected chi connectivity index (χ1v) is 8.84. The Morgan fingerprint density at radius 1 is 1.25 bits per heavy atom. The number of hydrogen-bond donors (Lipinski definition) is 1. The van der Waals surface area contributed by atoms with Gasteiger partial charge in [0.1, 0.15) is 5.75 Å². The van der Waals surface area contributed by atoms with Gasteiger partial charge in [0.05, 0.1) is 0 Å². The minimum atomic E-state index is -0.323. The lowest BCUT2D eigenvalue weighted by atomic mass is 9.96. The van der Waals surface area contributed by atoms with Gasteiger partial charge in [0.25, 0.3) is 5.91 Å². The van der Waals surface area contributed by atoms with Crippen molar-refractivity contribution in [3.8, 4) is 5.75 Å². The summed E-state index contributed by atoms with van der Waals surface area (Å²) in [4.78, 5) is 14.7. The molecule has 2 aliphatic rings. The number of aryl methyl sites for hydroxylation is 2. The summed E-state index contributed by atoms with van der Waals surface area (Å²) in [7, 11) is 0. The number of piperidine rings is 1. The fourth-order valence-corrected chi connectivity index (χ4v) is 3.56. The minimum Gasteiger partial charge on any atom is -0.480 e. The smallest absolute Gasteiger partial charge is 0.263 e. The molecular weight excluding hydrogens is 324 g/mol. The van der Waals surface area contributed by atoms with Gasteiger partial charge >= 0.3 is 0 Å². The topological polar surface area (TPSA) is 41.6 Å². The third kappa shape index (κ3) is 4.04. The van der Waals surface area contributed by atoms with E-state index >= 15 is 0 Å². The zero-order chi connectivity index (χ0) is 16.4. The molecule has 0 aromatic heterocycles. The lowest BCUT2D eigenvalue weighted by Crippen LogP contribution is -2.46. The average molecular weight is 353 g/mol. The van der Waals surface area contributed by atoms with E-state index in [0.29, 0.717) is 12.3 Å². The minimum absolute atomic E-state index is 0. The first kappa shape index (κ1) is 19.1. The van der Waals surface area contributed by atoms with Gasteiger partial charge in [-0.25, -0.2) is 0 Å². The molecule has 3 rings (SSSR count). The van der Waals surface area contributed by atoms with E-state index in [1.54, 1.807) is 0 Å². The predicted molar refractivity (Wildman–Crippen MR) is 99.1 cm³/mol. The van der Waals surface area contributed by atoms with Gasteiger partial charge in [-0.1, -0.05) is 13.0 Å². The summed E-state index contributed by atoms with van der Waals surface area (Å²) < 4.78 is 5.95. The van der Waals surface area contributed by atoms with Crippen molar-refractivity contribution in [1.82, 2.24) is 10.2 Å². The quantitative estimate of drug-likeness (QED) is 0.906. The normalized spacial score (nSPS) is 20.3. The maximum Gasteiger partial charge on any atom is 0.263 e. The molecule has 0 bridgehead atoms. The molecule has 5 heteroatoms. The maximum atomic E-state index is 12.7. The zero-order valence-electron chi connectivity index (χ0n) is 14.9. The third-order valence-corrected chi connectivity index (χ3v) is 5.24. The van der Waals surface area contributed by atoms with Crippen molar-refractivity contribution in [2.45, 2.75) is 46.1 Å². The summed E-state index contributed by atoms with van der Waals surface area (Å²) in [5.41, 5.74) is 3.67. The molecule has 1 fully saturated rings. The molecule has 1 unspecified atom stereocenters. The van der Waals surface area contributed by atoms with Gasteiger partial charge < -0.3 is 15.0 Å². The molecule has 0 radical (unpaired) electrons. The molecule has 2 aliphatic heterocycles. The molecule has 1 amide bonds. The summed E-state index contributed by atoms with van der Waals surface area (Å²) in [6, 6.07) is 4.24. The van der Waals surface area contributed by atoms with Crippen LogP contribution in [0.4, 0.5) is 0 Å². The highest BCUT2D eigenvalue weighted by Gasteiger charge is 2.34. The molecule has 1 aromatic carbocycles. The van der Waals surface area contributed by atoms with Crippen LogP contribution < -0.4 is 10.1 Å². The highest BCUT2D eigenvalue weighted by molar-refractivity contribution is 5.85. The van der Waals surface area contributed by atoms with Gasteiger partial charge in [0.15, 0.2) is 6.10 Å². The zero-order valence-corrected chi connectivity index (χ0v) is 15.7. The lowest BCUT2D eigenvalue weighted by Gasteiger charge is -2.33. The summed E-state index contributed by atoms with van der Waals surface area (Å²) >= 11 is 0. The largest absolute Gasteiger partial charge is 0.480 e. The Labute approximate surface area is 151 Å². The molecule has 4 nitrogen and oxygen atoms in total. The second-order valence-electron chi connectivity index (χ2n) is 6.93. The number of hydrogen-bond acceptors (Lipinski definition) is 3. The number of likely N-dealkylation sites (tertiary alicyclic amines) is 1. The maximum absolute atomic E-state index is 12.7. The van der Waals surface area contributed by atoms with Gasteiger partial charge in [0, 0.05) is 19.5 Å². The number of carbonyl (C=O) groups is 1. The Morgan fingerprint density at radius 3 is 2.58 bits per heavy atom. The van der Waals surface area contributed by atoms with Crippen molar-refractivity contribution >= 4 is 18.3 Å². The Balaban J connectivity index is 0.00000208. The molecule has 134 valence electrons. The fraction of sp³-hybridized carbons (Fsp3) is 0.632. The van der Waals surface area contributed by atoms with Crippen LogP contribution in [0.15, 0.2) is 12.1 Å². The van der Waals surface area contributed by atoms with Crippen molar-refractivity contribution in [2.24, 2.45) is 5.92 Å². The molecule has 24 heavy (non-hydrogen) atoms. The van der Waals surface area contributed by atoms with Gasteiger partial charge in [0.2, 0.25) is 0 Å². The van der Waals surface area contributed by atoms with Crippen molar-refractivity contribution < 1.29 is 9.53 Å². The number of benzene rings is 1. The first-order valence-electron chi connectivity index (χ1n) is 8.84. The van der Waals surface area contributed by atoms with E-state index in [4.69, 9.17) is 4.74 Å². The number of carbonyl (C=O) groups excluding carboxylic acids is 1. The third-order valence-electron chi connectivity index (χ3n) is 5.24. The Morgan fingerprint density at radius 2 is 1.92 bits per heavy atom. The van der Waals surface area contributed by atoms with Crippen LogP contribution in [0, 0.1) is 19.8 Å². The van der Waals surface area contributed by atoms with Crippen LogP contribution in [0.2, 0.25) is 0 Å². The number of fused-ring (bicyclic) bond motifs is 1. The Bertz CT molecular complexity index is 552. The Hall–Kier alpha value is -1.26. The van der Waals surface area contributed by atoms with Gasteiger partial charge in [-0.2, -0.15) is 0 Å². The van der Waals surface area contributed by atoms with E-state index in [1.807, 2.05) is 4.90 Å². The van der Waals surface area contributed by atoms with Crippen LogP contribution in [-0.4, -0.2) is 43.1 Å². The average Bonchev–Trinajstić information content (AvgIpc) is 2.96. The number of rotatable bonds is 4. The van der Waals surface area contributed by atoms with Crippen LogP contribution in [0.5, 0.6) is 5.75 Å². The molecule has 0 saturated carbocycles. The van der Waals surface area contributed by atoms with Crippen LogP contribution in [0.1, 0.15) is 36.5 Å². The lowest BCUT2D eigenvalue weighted by molar-refractivity contribution is -0.139. The number of ether oxygens (including phenoxy) is 1. The summed E-state index contributed by atoms with van der Waals surface area (Å²) in [5.74, 6) is 1.76. The fourth-order valence-electron chi connectivity index (χ4n) is 3.56. The van der Waals surface area contributed by atoms with Crippen LogP contribution in [0.25, 0.3) is 0 Å². The van der Waals surface area contributed by atoms with Crippen molar-refractivity contribution in [2.75, 3.05) is 26.2 Å². The van der Waals surface area contributed by atoms with E-state index in [-0.39, 0.29) is 24.4 Å². The number of nitrogens with zero attached hydrogens (tertiary/aromatic N) is 1. The molecule has 0 aliphatic carbocycles. The van der Waals surface area contributed by atoms with E-state index in [2.05, 4.69) is 38.2 Å². The molecular formula is C19H29ClN2O2. The second-order valence-corrected chi connectivity index (χ2v) is 6.93.